The minimum atomic E-state index is 0.543. The van der Waals surface area contributed by atoms with Crippen molar-refractivity contribution in [3.05, 3.63) is 17.0 Å². The molecule has 2 rings (SSSR count). The maximum Gasteiger partial charge on any atom is 0.137 e. The highest BCUT2D eigenvalue weighted by atomic mass is 35.5. The van der Waals surface area contributed by atoms with Gasteiger partial charge in [0.2, 0.25) is 0 Å². The molecule has 17 heavy (non-hydrogen) atoms. The number of anilines is 1. The van der Waals surface area contributed by atoms with Crippen LogP contribution in [0.15, 0.2) is 6.33 Å². The van der Waals surface area contributed by atoms with Gasteiger partial charge in [0.15, 0.2) is 0 Å². The number of nitrogens with zero attached hydrogens (tertiary/aromatic N) is 4. The van der Waals surface area contributed by atoms with Crippen molar-refractivity contribution in [1.29, 1.82) is 0 Å². The van der Waals surface area contributed by atoms with Crippen molar-refractivity contribution in [2.75, 3.05) is 32.1 Å². The first-order chi connectivity index (χ1) is 8.09. The average molecular weight is 255 g/mol. The fourth-order valence-corrected chi connectivity index (χ4v) is 2.55. The Bertz CT molecular complexity index is 396. The van der Waals surface area contributed by atoms with Crippen molar-refractivity contribution in [3.8, 4) is 0 Å². The molecule has 1 aliphatic heterocycles. The maximum absolute atomic E-state index is 6.02. The summed E-state index contributed by atoms with van der Waals surface area (Å²) in [6, 6.07) is 0.619. The molecule has 2 heterocycles. The van der Waals surface area contributed by atoms with Crippen molar-refractivity contribution in [3.63, 3.8) is 0 Å². The molecule has 0 aromatic carbocycles. The zero-order chi connectivity index (χ0) is 12.4. The second-order valence-electron chi connectivity index (χ2n) is 4.77. The Labute approximate surface area is 108 Å². The molecule has 0 saturated carbocycles. The molecule has 1 atom stereocenters. The maximum atomic E-state index is 6.02. The fraction of sp³-hybridized carbons (Fsp3) is 0.667. The zero-order valence-corrected chi connectivity index (χ0v) is 11.4. The quantitative estimate of drug-likeness (QED) is 0.772. The van der Waals surface area contributed by atoms with Gasteiger partial charge in [-0.05, 0) is 33.4 Å². The smallest absolute Gasteiger partial charge is 0.137 e. The predicted octanol–water partition coefficient (Wildman–Crippen LogP) is 1.97. The molecule has 0 bridgehead atoms. The molecule has 1 aromatic heterocycles. The standard InChI is InChI=1S/C12H19ClN4/c1-9-11(13)14-8-15-12(9)17(3)7-10-5-4-6-16(10)2/h8,10H,4-7H2,1-3H3. The summed E-state index contributed by atoms with van der Waals surface area (Å²) in [6.07, 6.45) is 4.08. The van der Waals surface area contributed by atoms with Crippen molar-refractivity contribution in [1.82, 2.24) is 14.9 Å². The Morgan fingerprint density at radius 3 is 2.94 bits per heavy atom. The van der Waals surface area contributed by atoms with Crippen LogP contribution in [-0.4, -0.2) is 48.1 Å². The Kier molecular flexibility index (Phi) is 3.84. The first kappa shape index (κ1) is 12.6. The largest absolute Gasteiger partial charge is 0.358 e. The van der Waals surface area contributed by atoms with Crippen molar-refractivity contribution in [2.45, 2.75) is 25.8 Å². The highest BCUT2D eigenvalue weighted by Crippen LogP contribution is 2.23. The molecule has 1 aromatic rings. The first-order valence-electron chi connectivity index (χ1n) is 5.98. The van der Waals surface area contributed by atoms with Crippen LogP contribution in [0.4, 0.5) is 5.82 Å². The highest BCUT2D eigenvalue weighted by molar-refractivity contribution is 6.30. The van der Waals surface area contributed by atoms with Crippen molar-refractivity contribution >= 4 is 17.4 Å². The number of aromatic nitrogens is 2. The van der Waals surface area contributed by atoms with Crippen LogP contribution in [0.25, 0.3) is 0 Å². The van der Waals surface area contributed by atoms with Gasteiger partial charge in [-0.2, -0.15) is 0 Å². The Morgan fingerprint density at radius 1 is 1.53 bits per heavy atom. The summed E-state index contributed by atoms with van der Waals surface area (Å²) in [6.45, 7) is 4.15. The number of likely N-dealkylation sites (N-methyl/N-ethyl adjacent to an activating group) is 2. The Morgan fingerprint density at radius 2 is 2.29 bits per heavy atom. The molecule has 1 fully saturated rings. The van der Waals surface area contributed by atoms with Gasteiger partial charge in [-0.25, -0.2) is 9.97 Å². The van der Waals surface area contributed by atoms with Gasteiger partial charge in [-0.15, -0.1) is 0 Å². The molecule has 0 aliphatic carbocycles. The van der Waals surface area contributed by atoms with Crippen LogP contribution < -0.4 is 4.90 Å². The molecule has 0 spiro atoms. The number of hydrogen-bond donors (Lipinski definition) is 0. The molecule has 0 N–H and O–H groups in total. The van der Waals surface area contributed by atoms with E-state index in [1.54, 1.807) is 0 Å². The lowest BCUT2D eigenvalue weighted by molar-refractivity contribution is 0.314. The molecule has 1 unspecified atom stereocenters. The number of likely N-dealkylation sites (tertiary alicyclic amines) is 1. The summed E-state index contributed by atoms with van der Waals surface area (Å²) < 4.78 is 0. The monoisotopic (exact) mass is 254 g/mol. The molecule has 5 heteroatoms. The van der Waals surface area contributed by atoms with Gasteiger partial charge < -0.3 is 9.80 Å². The van der Waals surface area contributed by atoms with Crippen LogP contribution in [0.2, 0.25) is 5.15 Å². The SMILES string of the molecule is Cc1c(Cl)ncnc1N(C)CC1CCCN1C. The summed E-state index contributed by atoms with van der Waals surface area (Å²) in [5.74, 6) is 0.935. The molecule has 0 radical (unpaired) electrons. The normalized spacial score (nSPS) is 20.8. The minimum Gasteiger partial charge on any atom is -0.358 e. The topological polar surface area (TPSA) is 32.3 Å². The second kappa shape index (κ2) is 5.19. The van der Waals surface area contributed by atoms with Crippen LogP contribution in [0, 0.1) is 6.92 Å². The lowest BCUT2D eigenvalue weighted by Gasteiger charge is -2.27. The molecular weight excluding hydrogens is 236 g/mol. The third-order valence-corrected chi connectivity index (χ3v) is 3.89. The van der Waals surface area contributed by atoms with Gasteiger partial charge in [0, 0.05) is 25.2 Å². The zero-order valence-electron chi connectivity index (χ0n) is 10.6. The molecule has 0 amide bonds. The van der Waals surface area contributed by atoms with Crippen LogP contribution >= 0.6 is 11.6 Å². The fourth-order valence-electron chi connectivity index (χ4n) is 2.42. The Hall–Kier alpha value is -0.870. The summed E-state index contributed by atoms with van der Waals surface area (Å²) in [5, 5.41) is 0.543. The molecule has 94 valence electrons. The van der Waals surface area contributed by atoms with E-state index in [1.165, 1.54) is 25.7 Å². The van der Waals surface area contributed by atoms with Crippen molar-refractivity contribution < 1.29 is 0 Å². The highest BCUT2D eigenvalue weighted by Gasteiger charge is 2.23. The van der Waals surface area contributed by atoms with Gasteiger partial charge in [0.25, 0.3) is 0 Å². The molecule has 1 saturated heterocycles. The summed E-state index contributed by atoms with van der Waals surface area (Å²) in [7, 11) is 4.25. The van der Waals surface area contributed by atoms with E-state index < -0.39 is 0 Å². The van der Waals surface area contributed by atoms with E-state index >= 15 is 0 Å². The van der Waals surface area contributed by atoms with E-state index in [0.29, 0.717) is 11.2 Å². The first-order valence-corrected chi connectivity index (χ1v) is 6.36. The van der Waals surface area contributed by atoms with E-state index in [9.17, 15) is 0 Å². The lowest BCUT2D eigenvalue weighted by atomic mass is 10.2. The summed E-state index contributed by atoms with van der Waals surface area (Å²) >= 11 is 6.02. The van der Waals surface area contributed by atoms with E-state index in [0.717, 1.165) is 17.9 Å². The number of hydrogen-bond acceptors (Lipinski definition) is 4. The van der Waals surface area contributed by atoms with Gasteiger partial charge in [0.1, 0.15) is 17.3 Å². The van der Waals surface area contributed by atoms with Crippen LogP contribution in [-0.2, 0) is 0 Å². The third kappa shape index (κ3) is 2.69. The second-order valence-corrected chi connectivity index (χ2v) is 5.13. The van der Waals surface area contributed by atoms with Gasteiger partial charge >= 0.3 is 0 Å². The number of rotatable bonds is 3. The van der Waals surface area contributed by atoms with E-state index in [-0.39, 0.29) is 0 Å². The van der Waals surface area contributed by atoms with Gasteiger partial charge in [-0.3, -0.25) is 0 Å². The molecule has 4 nitrogen and oxygen atoms in total. The van der Waals surface area contributed by atoms with Crippen LogP contribution in [0.1, 0.15) is 18.4 Å². The molecular formula is C12H19ClN4. The summed E-state index contributed by atoms with van der Waals surface area (Å²) in [4.78, 5) is 12.9. The van der Waals surface area contributed by atoms with E-state index in [1.807, 2.05) is 6.92 Å². The molecule has 1 aliphatic rings. The minimum absolute atomic E-state index is 0.543. The van der Waals surface area contributed by atoms with E-state index in [2.05, 4.69) is 33.9 Å². The van der Waals surface area contributed by atoms with Gasteiger partial charge in [0.05, 0.1) is 0 Å². The predicted molar refractivity (Wildman–Crippen MR) is 70.7 cm³/mol. The number of halogens is 1. The summed E-state index contributed by atoms with van der Waals surface area (Å²) in [5.41, 5.74) is 0.956. The van der Waals surface area contributed by atoms with Crippen LogP contribution in [0.5, 0.6) is 0 Å². The van der Waals surface area contributed by atoms with Crippen molar-refractivity contribution in [2.24, 2.45) is 0 Å². The lowest BCUT2D eigenvalue weighted by Crippen LogP contribution is -2.37. The Balaban J connectivity index is 2.09. The average Bonchev–Trinajstić information content (AvgIpc) is 2.68. The third-order valence-electron chi connectivity index (χ3n) is 3.51. The van der Waals surface area contributed by atoms with E-state index in [4.69, 9.17) is 11.6 Å². The van der Waals surface area contributed by atoms with Gasteiger partial charge in [-0.1, -0.05) is 11.6 Å². The van der Waals surface area contributed by atoms with Crippen LogP contribution in [0.3, 0.4) is 0 Å².